The third kappa shape index (κ3) is 2.75. The number of carbonyl (C=O) groups is 1. The van der Waals surface area contributed by atoms with Gasteiger partial charge in [0.2, 0.25) is 10.0 Å². The van der Waals surface area contributed by atoms with Crippen molar-refractivity contribution in [3.05, 3.63) is 29.6 Å². The van der Waals surface area contributed by atoms with Crippen molar-refractivity contribution in [2.75, 3.05) is 13.1 Å². The van der Waals surface area contributed by atoms with Crippen LogP contribution in [0.1, 0.15) is 12.5 Å². The number of hydrogen-bond donors (Lipinski definition) is 1. The second-order valence-corrected chi connectivity index (χ2v) is 6.94. The van der Waals surface area contributed by atoms with Gasteiger partial charge in [-0.15, -0.1) is 0 Å². The fourth-order valence-electron chi connectivity index (χ4n) is 2.34. The van der Waals surface area contributed by atoms with Crippen molar-refractivity contribution in [1.82, 2.24) is 4.31 Å². The van der Waals surface area contributed by atoms with Gasteiger partial charge in [-0.05, 0) is 24.1 Å². The van der Waals surface area contributed by atoms with E-state index in [-0.39, 0.29) is 29.5 Å². The number of carboxylic acids is 1. The first-order valence-corrected chi connectivity index (χ1v) is 7.64. The summed E-state index contributed by atoms with van der Waals surface area (Å²) in [6.07, 6.45) is 0. The van der Waals surface area contributed by atoms with E-state index >= 15 is 0 Å². The van der Waals surface area contributed by atoms with Gasteiger partial charge in [-0.3, -0.25) is 4.79 Å². The Kier molecular flexibility index (Phi) is 3.98. The number of halogens is 1. The minimum Gasteiger partial charge on any atom is -0.481 e. The molecule has 1 heterocycles. The molecule has 0 radical (unpaired) electrons. The van der Waals surface area contributed by atoms with Gasteiger partial charge in [0.15, 0.2) is 0 Å². The molecule has 2 atom stereocenters. The second kappa shape index (κ2) is 5.42. The molecule has 1 aliphatic heterocycles. The zero-order valence-corrected chi connectivity index (χ0v) is 12.0. The third-order valence-electron chi connectivity index (χ3n) is 3.59. The van der Waals surface area contributed by atoms with Gasteiger partial charge in [0.05, 0.1) is 16.4 Å². The Hall–Kier alpha value is -1.98. The summed E-state index contributed by atoms with van der Waals surface area (Å²) in [5.41, 5.74) is -0.243. The number of aliphatic carboxylic acids is 1. The maximum atomic E-state index is 13.5. The van der Waals surface area contributed by atoms with Crippen LogP contribution in [0.25, 0.3) is 0 Å². The molecule has 1 aromatic carbocycles. The van der Waals surface area contributed by atoms with E-state index in [0.717, 1.165) is 22.5 Å². The summed E-state index contributed by atoms with van der Waals surface area (Å²) in [6.45, 7) is 1.59. The number of sulfonamides is 1. The normalized spacial score (nSPS) is 22.9. The third-order valence-corrected chi connectivity index (χ3v) is 5.42. The van der Waals surface area contributed by atoms with Gasteiger partial charge in [0.25, 0.3) is 0 Å². The fourth-order valence-corrected chi connectivity index (χ4v) is 3.91. The molecule has 1 fully saturated rings. The minimum absolute atomic E-state index is 0.0704. The molecule has 1 aliphatic rings. The van der Waals surface area contributed by atoms with Crippen LogP contribution in [0.3, 0.4) is 0 Å². The van der Waals surface area contributed by atoms with Crippen LogP contribution >= 0.6 is 0 Å². The van der Waals surface area contributed by atoms with Crippen LogP contribution in [-0.4, -0.2) is 36.9 Å². The number of benzene rings is 1. The Balaban J connectivity index is 2.34. The lowest BCUT2D eigenvalue weighted by Gasteiger charge is -2.16. The summed E-state index contributed by atoms with van der Waals surface area (Å²) in [4.78, 5) is 10.8. The first-order valence-electron chi connectivity index (χ1n) is 6.20. The molecule has 1 saturated heterocycles. The van der Waals surface area contributed by atoms with Crippen molar-refractivity contribution in [3.8, 4) is 6.07 Å². The van der Waals surface area contributed by atoms with Crippen LogP contribution in [0.15, 0.2) is 23.1 Å². The molecule has 8 heteroatoms. The average molecular weight is 312 g/mol. The topological polar surface area (TPSA) is 98.5 Å². The van der Waals surface area contributed by atoms with E-state index in [9.17, 15) is 17.6 Å². The van der Waals surface area contributed by atoms with Crippen molar-refractivity contribution < 1.29 is 22.7 Å². The number of nitrogens with zero attached hydrogens (tertiary/aromatic N) is 2. The fraction of sp³-hybridized carbons (Fsp3) is 0.385. The lowest BCUT2D eigenvalue weighted by molar-refractivity contribution is -0.142. The molecule has 2 rings (SSSR count). The maximum Gasteiger partial charge on any atom is 0.308 e. The second-order valence-electron chi connectivity index (χ2n) is 5.00. The predicted octanol–water partition coefficient (Wildman–Crippen LogP) is 1.04. The molecule has 0 spiro atoms. The molecule has 0 bridgehead atoms. The molecule has 1 N–H and O–H groups in total. The van der Waals surface area contributed by atoms with Crippen LogP contribution in [-0.2, 0) is 14.8 Å². The van der Waals surface area contributed by atoms with E-state index in [4.69, 9.17) is 10.4 Å². The van der Waals surface area contributed by atoms with Gasteiger partial charge >= 0.3 is 5.97 Å². The highest BCUT2D eigenvalue weighted by molar-refractivity contribution is 7.89. The van der Waals surface area contributed by atoms with Gasteiger partial charge in [-0.25, -0.2) is 12.8 Å². The highest BCUT2D eigenvalue weighted by Gasteiger charge is 2.40. The van der Waals surface area contributed by atoms with E-state index in [1.165, 1.54) is 0 Å². The Morgan fingerprint density at radius 3 is 2.62 bits per heavy atom. The van der Waals surface area contributed by atoms with Gasteiger partial charge in [-0.2, -0.15) is 9.57 Å². The van der Waals surface area contributed by atoms with Gasteiger partial charge in [0, 0.05) is 13.1 Å². The highest BCUT2D eigenvalue weighted by Crippen LogP contribution is 2.29. The van der Waals surface area contributed by atoms with Crippen molar-refractivity contribution in [1.29, 1.82) is 5.26 Å². The van der Waals surface area contributed by atoms with Crippen molar-refractivity contribution in [2.45, 2.75) is 11.8 Å². The van der Waals surface area contributed by atoms with Gasteiger partial charge in [-0.1, -0.05) is 6.92 Å². The smallest absolute Gasteiger partial charge is 0.308 e. The van der Waals surface area contributed by atoms with E-state index in [2.05, 4.69) is 0 Å². The molecule has 112 valence electrons. The van der Waals surface area contributed by atoms with Crippen LogP contribution in [0, 0.1) is 29.0 Å². The summed E-state index contributed by atoms with van der Waals surface area (Å²) >= 11 is 0. The largest absolute Gasteiger partial charge is 0.481 e. The Morgan fingerprint density at radius 2 is 2.14 bits per heavy atom. The monoisotopic (exact) mass is 312 g/mol. The van der Waals surface area contributed by atoms with E-state index in [1.54, 1.807) is 13.0 Å². The first kappa shape index (κ1) is 15.4. The number of nitriles is 1. The van der Waals surface area contributed by atoms with E-state index in [1.807, 2.05) is 0 Å². The first-order chi connectivity index (χ1) is 9.77. The van der Waals surface area contributed by atoms with Crippen LogP contribution < -0.4 is 0 Å². The zero-order chi connectivity index (χ0) is 15.8. The summed E-state index contributed by atoms with van der Waals surface area (Å²) in [5, 5.41) is 17.7. The molecule has 0 unspecified atom stereocenters. The minimum atomic E-state index is -3.96. The average Bonchev–Trinajstić information content (AvgIpc) is 2.81. The lowest BCUT2D eigenvalue weighted by Crippen LogP contribution is -2.30. The number of hydrogen-bond acceptors (Lipinski definition) is 4. The quantitative estimate of drug-likeness (QED) is 0.899. The molecule has 1 aromatic rings. The highest BCUT2D eigenvalue weighted by atomic mass is 32.2. The number of rotatable bonds is 3. The van der Waals surface area contributed by atoms with Crippen LogP contribution in [0.4, 0.5) is 4.39 Å². The maximum absolute atomic E-state index is 13.5. The van der Waals surface area contributed by atoms with Crippen molar-refractivity contribution >= 4 is 16.0 Å². The summed E-state index contributed by atoms with van der Waals surface area (Å²) in [5.74, 6) is -3.06. The molecule has 0 aromatic heterocycles. The molecule has 0 aliphatic carbocycles. The van der Waals surface area contributed by atoms with E-state index in [0.29, 0.717) is 0 Å². The summed E-state index contributed by atoms with van der Waals surface area (Å²) in [7, 11) is -3.96. The Bertz CT molecular complexity index is 726. The molecule has 21 heavy (non-hydrogen) atoms. The Labute approximate surface area is 121 Å². The van der Waals surface area contributed by atoms with E-state index < -0.39 is 27.7 Å². The zero-order valence-electron chi connectivity index (χ0n) is 11.2. The predicted molar refractivity (Wildman–Crippen MR) is 70.2 cm³/mol. The summed E-state index contributed by atoms with van der Waals surface area (Å²) < 4.78 is 39.4. The molecule has 0 amide bonds. The lowest BCUT2D eigenvalue weighted by atomic mass is 9.99. The van der Waals surface area contributed by atoms with Crippen LogP contribution in [0.5, 0.6) is 0 Å². The van der Waals surface area contributed by atoms with Gasteiger partial charge in [0.1, 0.15) is 11.9 Å². The molecular formula is C13H13FN2O4S. The number of carboxylic acid groups (broad SMARTS) is 1. The SMILES string of the molecule is C[C@@H]1CN(S(=O)(=O)c2ccc(C#N)c(F)c2)C[C@H]1C(=O)O. The Morgan fingerprint density at radius 1 is 1.48 bits per heavy atom. The molecular weight excluding hydrogens is 299 g/mol. The van der Waals surface area contributed by atoms with Crippen molar-refractivity contribution in [2.24, 2.45) is 11.8 Å². The summed E-state index contributed by atoms with van der Waals surface area (Å²) in [6, 6.07) is 4.64. The molecule has 0 saturated carbocycles. The molecule has 6 nitrogen and oxygen atoms in total. The standard InChI is InChI=1S/C13H13FN2O4S/c1-8-6-16(7-11(8)13(17)18)21(19,20)10-3-2-9(5-15)12(14)4-10/h2-4,8,11H,6-7H2,1H3,(H,17,18)/t8-,11-/m1/s1. The van der Waals surface area contributed by atoms with Crippen molar-refractivity contribution in [3.63, 3.8) is 0 Å². The van der Waals surface area contributed by atoms with Gasteiger partial charge < -0.3 is 5.11 Å². The van der Waals surface area contributed by atoms with Crippen LogP contribution in [0.2, 0.25) is 0 Å².